The van der Waals surface area contributed by atoms with Crippen molar-refractivity contribution in [1.82, 2.24) is 15.5 Å². The van der Waals surface area contributed by atoms with Crippen LogP contribution >= 0.6 is 0 Å². The number of nitrogens with one attached hydrogen (secondary N) is 2. The zero-order valence-corrected chi connectivity index (χ0v) is 12.2. The fourth-order valence-electron chi connectivity index (χ4n) is 1.46. The minimum Gasteiger partial charge on any atom is -0.467 e. The molecule has 0 aromatic rings. The van der Waals surface area contributed by atoms with Gasteiger partial charge in [0.25, 0.3) is 0 Å². The van der Waals surface area contributed by atoms with Crippen LogP contribution in [0.1, 0.15) is 6.92 Å². The Bertz CT molecular complexity index is 274. The maximum atomic E-state index is 11.4. The number of carbonyl (C=O) groups is 2. The summed E-state index contributed by atoms with van der Waals surface area (Å²) in [7, 11) is 4.96. The van der Waals surface area contributed by atoms with Gasteiger partial charge in [-0.15, -0.1) is 0 Å². The lowest BCUT2D eigenvalue weighted by Gasteiger charge is -2.19. The van der Waals surface area contributed by atoms with Crippen molar-refractivity contribution < 1.29 is 19.1 Å². The molecule has 0 radical (unpaired) electrons. The van der Waals surface area contributed by atoms with Crippen LogP contribution in [0.5, 0.6) is 0 Å². The number of likely N-dealkylation sites (N-methyl/N-ethyl adjacent to an activating group) is 1. The molecule has 0 spiro atoms. The minimum atomic E-state index is -0.646. The number of ether oxygens (including phenoxy) is 2. The van der Waals surface area contributed by atoms with Gasteiger partial charge in [0.15, 0.2) is 0 Å². The second-order valence-corrected chi connectivity index (χ2v) is 4.28. The smallest absolute Gasteiger partial charge is 0.329 e. The summed E-state index contributed by atoms with van der Waals surface area (Å²) in [6, 6.07) is -0.646. The molecule has 1 unspecified atom stereocenters. The first kappa shape index (κ1) is 17.8. The Balaban J connectivity index is 3.86. The van der Waals surface area contributed by atoms with E-state index in [0.29, 0.717) is 19.7 Å². The van der Waals surface area contributed by atoms with Crippen LogP contribution in [-0.4, -0.2) is 76.9 Å². The number of hydrogen-bond donors (Lipinski definition) is 2. The number of rotatable bonds is 10. The largest absolute Gasteiger partial charge is 0.467 e. The fraction of sp³-hybridized carbons (Fsp3) is 0.833. The van der Waals surface area contributed by atoms with Crippen molar-refractivity contribution >= 4 is 11.9 Å². The van der Waals surface area contributed by atoms with Crippen LogP contribution in [-0.2, 0) is 19.1 Å². The van der Waals surface area contributed by atoms with Gasteiger partial charge in [0.2, 0.25) is 5.91 Å². The van der Waals surface area contributed by atoms with Crippen LogP contribution in [0.4, 0.5) is 0 Å². The van der Waals surface area contributed by atoms with E-state index in [1.165, 1.54) is 14.0 Å². The molecule has 0 heterocycles. The Morgan fingerprint density at radius 1 is 1.26 bits per heavy atom. The summed E-state index contributed by atoms with van der Waals surface area (Å²) >= 11 is 0. The summed E-state index contributed by atoms with van der Waals surface area (Å²) in [5.74, 6) is -0.704. The first-order valence-corrected chi connectivity index (χ1v) is 6.24. The van der Waals surface area contributed by atoms with E-state index < -0.39 is 12.0 Å². The molecule has 1 amide bonds. The van der Waals surface area contributed by atoms with Crippen LogP contribution in [0, 0.1) is 0 Å². The average molecular weight is 275 g/mol. The van der Waals surface area contributed by atoms with E-state index in [4.69, 9.17) is 4.74 Å². The average Bonchev–Trinajstić information content (AvgIpc) is 2.38. The topological polar surface area (TPSA) is 79.9 Å². The SMILES string of the molecule is COCCN(C)CCNCC(NC(C)=O)C(=O)OC. The van der Waals surface area contributed by atoms with Crippen molar-refractivity contribution in [3.05, 3.63) is 0 Å². The molecule has 0 saturated heterocycles. The number of amides is 1. The molecule has 0 bridgehead atoms. The highest BCUT2D eigenvalue weighted by Gasteiger charge is 2.19. The lowest BCUT2D eigenvalue weighted by molar-refractivity contribution is -0.144. The van der Waals surface area contributed by atoms with E-state index >= 15 is 0 Å². The molecule has 2 N–H and O–H groups in total. The molecule has 0 fully saturated rings. The predicted octanol–water partition coefficient (Wildman–Crippen LogP) is -1.17. The summed E-state index contributed by atoms with van der Waals surface area (Å²) < 4.78 is 9.60. The van der Waals surface area contributed by atoms with Gasteiger partial charge in [0.1, 0.15) is 6.04 Å². The van der Waals surface area contributed by atoms with Gasteiger partial charge in [-0.3, -0.25) is 4.79 Å². The van der Waals surface area contributed by atoms with Crippen molar-refractivity contribution in [2.45, 2.75) is 13.0 Å². The molecule has 0 aromatic heterocycles. The molecule has 0 aliphatic heterocycles. The van der Waals surface area contributed by atoms with E-state index in [0.717, 1.165) is 13.1 Å². The van der Waals surface area contributed by atoms with E-state index in [-0.39, 0.29) is 5.91 Å². The molecular formula is C12H25N3O4. The van der Waals surface area contributed by atoms with E-state index in [1.807, 2.05) is 7.05 Å². The number of nitrogens with zero attached hydrogens (tertiary/aromatic N) is 1. The summed E-state index contributed by atoms with van der Waals surface area (Å²) in [6.45, 7) is 4.81. The molecule has 0 saturated carbocycles. The first-order chi connectivity index (χ1) is 9.01. The van der Waals surface area contributed by atoms with Crippen molar-refractivity contribution in [3.8, 4) is 0 Å². The molecule has 0 aliphatic carbocycles. The Hall–Kier alpha value is -1.18. The Labute approximate surface area is 114 Å². The summed E-state index contributed by atoms with van der Waals surface area (Å²) in [4.78, 5) is 24.5. The zero-order chi connectivity index (χ0) is 14.7. The molecule has 0 rings (SSSR count). The molecule has 7 nitrogen and oxygen atoms in total. The zero-order valence-electron chi connectivity index (χ0n) is 12.2. The summed E-state index contributed by atoms with van der Waals surface area (Å²) in [6.07, 6.45) is 0. The van der Waals surface area contributed by atoms with Crippen LogP contribution in [0.3, 0.4) is 0 Å². The van der Waals surface area contributed by atoms with Crippen molar-refractivity contribution in [1.29, 1.82) is 0 Å². The van der Waals surface area contributed by atoms with Crippen LogP contribution in [0.2, 0.25) is 0 Å². The standard InChI is InChI=1S/C12H25N3O4/c1-10(16)14-11(12(17)19-4)9-13-5-6-15(2)7-8-18-3/h11,13H,5-9H2,1-4H3,(H,14,16). The molecule has 7 heteroatoms. The summed E-state index contributed by atoms with van der Waals surface area (Å²) in [5.41, 5.74) is 0. The van der Waals surface area contributed by atoms with E-state index in [9.17, 15) is 9.59 Å². The van der Waals surface area contributed by atoms with Crippen LogP contribution in [0.15, 0.2) is 0 Å². The lowest BCUT2D eigenvalue weighted by Crippen LogP contribution is -2.48. The molecule has 0 aliphatic rings. The van der Waals surface area contributed by atoms with Crippen molar-refractivity contribution in [3.63, 3.8) is 0 Å². The van der Waals surface area contributed by atoms with Gasteiger partial charge in [-0.2, -0.15) is 0 Å². The Morgan fingerprint density at radius 2 is 1.95 bits per heavy atom. The second kappa shape index (κ2) is 10.7. The number of hydrogen-bond acceptors (Lipinski definition) is 6. The molecule has 19 heavy (non-hydrogen) atoms. The maximum absolute atomic E-state index is 11.4. The molecule has 1 atom stereocenters. The van der Waals surface area contributed by atoms with Gasteiger partial charge in [-0.1, -0.05) is 0 Å². The monoisotopic (exact) mass is 275 g/mol. The highest BCUT2D eigenvalue weighted by Crippen LogP contribution is 1.87. The quantitative estimate of drug-likeness (QED) is 0.386. The Morgan fingerprint density at radius 3 is 2.47 bits per heavy atom. The lowest BCUT2D eigenvalue weighted by atomic mass is 10.3. The molecule has 0 aromatic carbocycles. The van der Waals surface area contributed by atoms with Crippen molar-refractivity contribution in [2.75, 3.05) is 54.1 Å². The highest BCUT2D eigenvalue weighted by molar-refractivity contribution is 5.83. The third kappa shape index (κ3) is 9.40. The van der Waals surface area contributed by atoms with E-state index in [2.05, 4.69) is 20.3 Å². The van der Waals surface area contributed by atoms with Crippen LogP contribution in [0.25, 0.3) is 0 Å². The van der Waals surface area contributed by atoms with Gasteiger partial charge in [-0.05, 0) is 7.05 Å². The van der Waals surface area contributed by atoms with Gasteiger partial charge in [0.05, 0.1) is 13.7 Å². The maximum Gasteiger partial charge on any atom is 0.329 e. The third-order valence-corrected chi connectivity index (χ3v) is 2.56. The number of carbonyl (C=O) groups excluding carboxylic acids is 2. The van der Waals surface area contributed by atoms with Crippen LogP contribution < -0.4 is 10.6 Å². The summed E-state index contributed by atoms with van der Waals surface area (Å²) in [5, 5.41) is 5.66. The van der Waals surface area contributed by atoms with Gasteiger partial charge in [0, 0.05) is 40.2 Å². The first-order valence-electron chi connectivity index (χ1n) is 6.24. The number of esters is 1. The van der Waals surface area contributed by atoms with Gasteiger partial charge >= 0.3 is 5.97 Å². The second-order valence-electron chi connectivity index (χ2n) is 4.28. The third-order valence-electron chi connectivity index (χ3n) is 2.56. The van der Waals surface area contributed by atoms with Crippen molar-refractivity contribution in [2.24, 2.45) is 0 Å². The molecular weight excluding hydrogens is 250 g/mol. The predicted molar refractivity (Wildman–Crippen MR) is 71.9 cm³/mol. The van der Waals surface area contributed by atoms with E-state index in [1.54, 1.807) is 7.11 Å². The molecule has 112 valence electrons. The fourth-order valence-corrected chi connectivity index (χ4v) is 1.46. The highest BCUT2D eigenvalue weighted by atomic mass is 16.5. The number of methoxy groups -OCH3 is 2. The van der Waals surface area contributed by atoms with Gasteiger partial charge < -0.3 is 25.0 Å². The Kier molecular flexibility index (Phi) is 10.1. The minimum absolute atomic E-state index is 0.255. The van der Waals surface area contributed by atoms with Gasteiger partial charge in [-0.25, -0.2) is 4.79 Å². The normalized spacial score (nSPS) is 12.3.